The molecule has 0 spiro atoms. The molecule has 0 atom stereocenters. The van der Waals surface area contributed by atoms with Crippen LogP contribution in [-0.2, 0) is 14.4 Å². The van der Waals surface area contributed by atoms with E-state index >= 15 is 0 Å². The quantitative estimate of drug-likeness (QED) is 0.379. The van der Waals surface area contributed by atoms with Crippen LogP contribution in [0.15, 0.2) is 24.3 Å². The molecule has 0 aliphatic carbocycles. The summed E-state index contributed by atoms with van der Waals surface area (Å²) in [6.07, 6.45) is -1.88. The summed E-state index contributed by atoms with van der Waals surface area (Å²) in [4.78, 5) is 45.7. The minimum Gasteiger partial charge on any atom is -0.312 e. The van der Waals surface area contributed by atoms with E-state index in [9.17, 15) is 27.6 Å². The summed E-state index contributed by atoms with van der Waals surface area (Å²) in [5, 5.41) is 0. The number of carbonyl (C=O) groups excluding carboxylic acids is 3. The van der Waals surface area contributed by atoms with Gasteiger partial charge in [0.1, 0.15) is 19.6 Å². The standard InChI is InChI=1S/C25H35F3N3O4/c1-3-19(4-2)29-14-17-31(18-15-29,35-24(34)25(26,27)28)16-8-7-13-30-21-10-6-5-9-20(21)22(32)11-12-23(30)33/h5-6,9-10,19H,3-4,7-8,11-18H2,1-2H3/q+1. The van der Waals surface area contributed by atoms with Gasteiger partial charge in [0.2, 0.25) is 5.91 Å². The summed E-state index contributed by atoms with van der Waals surface area (Å²) < 4.78 is 38.7. The number of alkyl halides is 3. The Morgan fingerprint density at radius 2 is 1.71 bits per heavy atom. The summed E-state index contributed by atoms with van der Waals surface area (Å²) in [6, 6.07) is 7.34. The van der Waals surface area contributed by atoms with Crippen molar-refractivity contribution in [2.75, 3.05) is 44.2 Å². The second-order valence-electron chi connectivity index (χ2n) is 9.30. The number of hydrogen-bond acceptors (Lipinski definition) is 5. The second kappa shape index (κ2) is 11.5. The fraction of sp³-hybridized carbons (Fsp3) is 0.640. The van der Waals surface area contributed by atoms with Crippen LogP contribution in [0.1, 0.15) is 62.7 Å². The smallest absolute Gasteiger partial charge is 0.312 e. The summed E-state index contributed by atoms with van der Waals surface area (Å²) in [6.45, 7) is 6.44. The van der Waals surface area contributed by atoms with Gasteiger partial charge in [0.05, 0.1) is 18.8 Å². The van der Waals surface area contributed by atoms with Crippen molar-refractivity contribution in [1.82, 2.24) is 4.90 Å². The molecule has 7 nitrogen and oxygen atoms in total. The molecule has 0 unspecified atom stereocenters. The number of quaternary nitrogens is 1. The highest BCUT2D eigenvalue weighted by Crippen LogP contribution is 2.28. The average molecular weight is 499 g/mol. The Bertz CT molecular complexity index is 909. The van der Waals surface area contributed by atoms with Gasteiger partial charge in [-0.05, 0) is 31.4 Å². The molecule has 1 aromatic carbocycles. The van der Waals surface area contributed by atoms with Gasteiger partial charge in [-0.1, -0.05) is 26.0 Å². The number of ketones is 1. The highest BCUT2D eigenvalue weighted by molar-refractivity contribution is 6.10. The Balaban J connectivity index is 1.66. The van der Waals surface area contributed by atoms with E-state index in [1.54, 1.807) is 29.2 Å². The van der Waals surface area contributed by atoms with E-state index in [0.29, 0.717) is 49.8 Å². The van der Waals surface area contributed by atoms with Gasteiger partial charge >= 0.3 is 12.1 Å². The van der Waals surface area contributed by atoms with Crippen LogP contribution in [0.2, 0.25) is 0 Å². The highest BCUT2D eigenvalue weighted by Gasteiger charge is 2.49. The van der Waals surface area contributed by atoms with Gasteiger partial charge in [-0.15, -0.1) is 4.65 Å². The largest absolute Gasteiger partial charge is 0.497 e. The number of anilines is 1. The first-order valence-electron chi connectivity index (χ1n) is 12.4. The van der Waals surface area contributed by atoms with Gasteiger partial charge in [-0.25, -0.2) is 4.79 Å². The first-order valence-corrected chi connectivity index (χ1v) is 12.4. The summed E-state index contributed by atoms with van der Waals surface area (Å²) in [5.41, 5.74) is 1.09. The van der Waals surface area contributed by atoms with Crippen LogP contribution < -0.4 is 4.90 Å². The van der Waals surface area contributed by atoms with Crippen LogP contribution in [0.25, 0.3) is 0 Å². The molecule has 2 aliphatic rings. The van der Waals surface area contributed by atoms with Gasteiger partial charge in [0, 0.05) is 37.4 Å². The van der Waals surface area contributed by atoms with Crippen LogP contribution in [0.5, 0.6) is 0 Å². The monoisotopic (exact) mass is 498 g/mol. The fourth-order valence-electron chi connectivity index (χ4n) is 5.09. The molecule has 10 heteroatoms. The van der Waals surface area contributed by atoms with Crippen molar-refractivity contribution in [3.05, 3.63) is 29.8 Å². The Morgan fingerprint density at radius 1 is 1.06 bits per heavy atom. The van der Waals surface area contributed by atoms with E-state index in [2.05, 4.69) is 18.7 Å². The summed E-state index contributed by atoms with van der Waals surface area (Å²) in [7, 11) is 0. The SMILES string of the molecule is CCC(CC)N1CC[N+](CCCCN2C(=O)CCC(=O)c3ccccc32)(OC(=O)C(F)(F)F)CC1. The lowest BCUT2D eigenvalue weighted by Gasteiger charge is -2.43. The molecule has 0 radical (unpaired) electrons. The molecular weight excluding hydrogens is 463 g/mol. The minimum atomic E-state index is -5.05. The molecule has 1 fully saturated rings. The molecule has 194 valence electrons. The third-order valence-corrected chi connectivity index (χ3v) is 7.12. The van der Waals surface area contributed by atoms with Gasteiger partial charge in [-0.3, -0.25) is 19.3 Å². The molecule has 2 heterocycles. The lowest BCUT2D eigenvalue weighted by atomic mass is 10.1. The number of amides is 1. The second-order valence-corrected chi connectivity index (χ2v) is 9.30. The van der Waals surface area contributed by atoms with Gasteiger partial charge in [0.15, 0.2) is 5.78 Å². The Hall–Kier alpha value is -2.46. The maximum absolute atomic E-state index is 13.0. The lowest BCUT2D eigenvalue weighted by Crippen LogP contribution is -2.62. The molecule has 0 saturated carbocycles. The predicted octanol–water partition coefficient (Wildman–Crippen LogP) is 4.12. The van der Waals surface area contributed by atoms with E-state index in [4.69, 9.17) is 4.84 Å². The molecule has 1 saturated heterocycles. The van der Waals surface area contributed by atoms with Crippen molar-refractivity contribution in [1.29, 1.82) is 0 Å². The zero-order valence-electron chi connectivity index (χ0n) is 20.5. The van der Waals surface area contributed by atoms with E-state index in [-0.39, 0.29) is 48.8 Å². The number of Topliss-reactive ketones (excluding diaryl/α,β-unsaturated/α-hetero) is 1. The number of unbranched alkanes of at least 4 members (excludes halogenated alkanes) is 1. The third-order valence-electron chi connectivity index (χ3n) is 7.12. The Morgan fingerprint density at radius 3 is 2.34 bits per heavy atom. The predicted molar refractivity (Wildman–Crippen MR) is 125 cm³/mol. The van der Waals surface area contributed by atoms with Crippen molar-refractivity contribution in [2.24, 2.45) is 0 Å². The molecule has 0 bridgehead atoms. The van der Waals surface area contributed by atoms with Crippen molar-refractivity contribution in [3.8, 4) is 0 Å². The number of hydroxylamine groups is 3. The number of halogens is 3. The molecule has 3 rings (SSSR count). The van der Waals surface area contributed by atoms with Crippen molar-refractivity contribution < 1.29 is 37.0 Å². The van der Waals surface area contributed by atoms with Crippen molar-refractivity contribution in [3.63, 3.8) is 0 Å². The number of piperazine rings is 1. The number of benzene rings is 1. The molecular formula is C25H35F3N3O4+. The summed E-state index contributed by atoms with van der Waals surface area (Å²) >= 11 is 0. The molecule has 0 aromatic heterocycles. The van der Waals surface area contributed by atoms with Gasteiger partial charge in [0.25, 0.3) is 0 Å². The normalized spacial score (nSPS) is 19.0. The topological polar surface area (TPSA) is 66.9 Å². The average Bonchev–Trinajstić information content (AvgIpc) is 2.95. The number of rotatable bonds is 9. The number of fused-ring (bicyclic) bond motifs is 1. The maximum Gasteiger partial charge on any atom is 0.497 e. The van der Waals surface area contributed by atoms with E-state index in [0.717, 1.165) is 12.8 Å². The zero-order chi connectivity index (χ0) is 25.6. The zero-order valence-corrected chi connectivity index (χ0v) is 20.5. The number of carbonyl (C=O) groups is 3. The molecule has 2 aliphatic heterocycles. The highest BCUT2D eigenvalue weighted by atomic mass is 19.4. The van der Waals surface area contributed by atoms with E-state index in [1.807, 2.05) is 0 Å². The number of para-hydroxylation sites is 1. The van der Waals surface area contributed by atoms with Crippen molar-refractivity contribution >= 4 is 23.3 Å². The third kappa shape index (κ3) is 6.61. The Kier molecular flexibility index (Phi) is 8.93. The summed E-state index contributed by atoms with van der Waals surface area (Å²) in [5.74, 6) is -2.38. The van der Waals surface area contributed by atoms with Crippen LogP contribution in [-0.4, -0.2) is 78.7 Å². The number of hydrogen-bond donors (Lipinski definition) is 0. The van der Waals surface area contributed by atoms with Gasteiger partial charge < -0.3 is 4.90 Å². The first kappa shape index (κ1) is 27.1. The van der Waals surface area contributed by atoms with E-state index < -0.39 is 12.1 Å². The van der Waals surface area contributed by atoms with Crippen molar-refractivity contribution in [2.45, 2.75) is 64.6 Å². The van der Waals surface area contributed by atoms with Gasteiger partial charge in [-0.2, -0.15) is 13.2 Å². The molecule has 0 N–H and O–H groups in total. The number of nitrogens with zero attached hydrogens (tertiary/aromatic N) is 3. The maximum atomic E-state index is 13.0. The van der Waals surface area contributed by atoms with Crippen LogP contribution in [0.4, 0.5) is 18.9 Å². The fourth-order valence-corrected chi connectivity index (χ4v) is 5.09. The molecule has 35 heavy (non-hydrogen) atoms. The molecule has 1 amide bonds. The molecule has 1 aromatic rings. The van der Waals surface area contributed by atoms with Crippen LogP contribution in [0.3, 0.4) is 0 Å². The van der Waals surface area contributed by atoms with Crippen LogP contribution in [0, 0.1) is 0 Å². The lowest BCUT2D eigenvalue weighted by molar-refractivity contribution is -1.09. The van der Waals surface area contributed by atoms with E-state index in [1.165, 1.54) is 0 Å². The van der Waals surface area contributed by atoms with Crippen LogP contribution >= 0.6 is 0 Å². The minimum absolute atomic E-state index is 0.0737. The Labute approximate surface area is 204 Å². The first-order chi connectivity index (χ1) is 16.6.